The Balaban J connectivity index is 2.14. The molecule has 0 radical (unpaired) electrons. The number of hydrogen-bond acceptors (Lipinski definition) is 5. The van der Waals surface area contributed by atoms with Gasteiger partial charge >= 0.3 is 5.97 Å². The van der Waals surface area contributed by atoms with Crippen LogP contribution in [0.25, 0.3) is 0 Å². The highest BCUT2D eigenvalue weighted by Crippen LogP contribution is 2.19. The van der Waals surface area contributed by atoms with Crippen LogP contribution in [0.1, 0.15) is 12.0 Å². The molecule has 0 spiro atoms. The summed E-state index contributed by atoms with van der Waals surface area (Å²) >= 11 is 1.65. The number of ether oxygens (including phenoxy) is 1. The summed E-state index contributed by atoms with van der Waals surface area (Å²) in [5, 5.41) is 5.33. The fourth-order valence-electron chi connectivity index (χ4n) is 1.72. The van der Waals surface area contributed by atoms with E-state index >= 15 is 0 Å². The molecule has 0 aliphatic carbocycles. The molecule has 19 heavy (non-hydrogen) atoms. The summed E-state index contributed by atoms with van der Waals surface area (Å²) in [6.07, 6.45) is 2.22. The van der Waals surface area contributed by atoms with E-state index in [2.05, 4.69) is 9.84 Å². The Kier molecular flexibility index (Phi) is 4.21. The quantitative estimate of drug-likeness (QED) is 0.619. The molecule has 6 heteroatoms. The van der Waals surface area contributed by atoms with Gasteiger partial charge in [-0.05, 0) is 24.0 Å². The molecule has 1 amide bonds. The largest absolute Gasteiger partial charge is 0.468 e. The first-order chi connectivity index (χ1) is 9.13. The van der Waals surface area contributed by atoms with Crippen molar-refractivity contribution in [3.05, 3.63) is 29.8 Å². The summed E-state index contributed by atoms with van der Waals surface area (Å²) in [5.74, 6) is -0.662. The molecule has 1 aliphatic rings. The lowest BCUT2D eigenvalue weighted by Gasteiger charge is -2.08. The fourth-order valence-corrected chi connectivity index (χ4v) is 2.13. The van der Waals surface area contributed by atoms with E-state index in [0.29, 0.717) is 5.71 Å². The summed E-state index contributed by atoms with van der Waals surface area (Å²) in [6, 6.07) is 7.82. The lowest BCUT2D eigenvalue weighted by molar-refractivity contribution is -0.146. The average Bonchev–Trinajstić information content (AvgIpc) is 2.80. The minimum atomic E-state index is -0.476. The highest BCUT2D eigenvalue weighted by Gasteiger charge is 2.26. The van der Waals surface area contributed by atoms with E-state index in [4.69, 9.17) is 0 Å². The third kappa shape index (κ3) is 3.14. The zero-order valence-electron chi connectivity index (χ0n) is 10.8. The molecular weight excluding hydrogens is 264 g/mol. The molecule has 0 unspecified atom stereocenters. The van der Waals surface area contributed by atoms with Gasteiger partial charge in [-0.1, -0.05) is 12.1 Å². The second-order valence-corrected chi connectivity index (χ2v) is 4.86. The molecule has 1 aliphatic heterocycles. The zero-order chi connectivity index (χ0) is 13.8. The normalized spacial score (nSPS) is 14.5. The van der Waals surface area contributed by atoms with Gasteiger partial charge < -0.3 is 4.74 Å². The van der Waals surface area contributed by atoms with E-state index in [9.17, 15) is 9.59 Å². The molecule has 0 fully saturated rings. The van der Waals surface area contributed by atoms with E-state index in [1.807, 2.05) is 30.5 Å². The summed E-state index contributed by atoms with van der Waals surface area (Å²) in [5.41, 5.74) is 1.58. The van der Waals surface area contributed by atoms with Crippen LogP contribution in [0.4, 0.5) is 0 Å². The van der Waals surface area contributed by atoms with Crippen LogP contribution in [-0.2, 0) is 14.3 Å². The Hall–Kier alpha value is -1.82. The van der Waals surface area contributed by atoms with Gasteiger partial charge in [-0.3, -0.25) is 9.59 Å². The van der Waals surface area contributed by atoms with Gasteiger partial charge in [0.15, 0.2) is 0 Å². The van der Waals surface area contributed by atoms with Crippen LogP contribution >= 0.6 is 11.8 Å². The van der Waals surface area contributed by atoms with Crippen molar-refractivity contribution in [2.45, 2.75) is 11.3 Å². The molecule has 0 N–H and O–H groups in total. The van der Waals surface area contributed by atoms with Crippen LogP contribution in [0.3, 0.4) is 0 Å². The van der Waals surface area contributed by atoms with E-state index < -0.39 is 5.97 Å². The highest BCUT2D eigenvalue weighted by atomic mass is 32.2. The predicted molar refractivity (Wildman–Crippen MR) is 73.1 cm³/mol. The first-order valence-electron chi connectivity index (χ1n) is 5.73. The number of methoxy groups -OCH3 is 1. The van der Waals surface area contributed by atoms with Gasteiger partial charge in [-0.25, -0.2) is 5.01 Å². The number of rotatable bonds is 4. The first-order valence-corrected chi connectivity index (χ1v) is 6.95. The number of amides is 1. The van der Waals surface area contributed by atoms with Crippen molar-refractivity contribution < 1.29 is 14.3 Å². The Bertz CT molecular complexity index is 525. The van der Waals surface area contributed by atoms with Gasteiger partial charge in [0.05, 0.1) is 19.2 Å². The Labute approximate surface area is 115 Å². The number of hydrogen-bond donors (Lipinski definition) is 0. The number of benzene rings is 1. The molecule has 0 bridgehead atoms. The molecule has 1 aromatic rings. The van der Waals surface area contributed by atoms with Gasteiger partial charge in [-0.15, -0.1) is 11.8 Å². The molecule has 0 saturated heterocycles. The van der Waals surface area contributed by atoms with Crippen molar-refractivity contribution in [2.75, 3.05) is 19.9 Å². The predicted octanol–water partition coefficient (Wildman–Crippen LogP) is 1.52. The van der Waals surface area contributed by atoms with E-state index in [1.165, 1.54) is 7.11 Å². The molecular formula is C13H14N2O3S. The van der Waals surface area contributed by atoms with Gasteiger partial charge in [0, 0.05) is 4.90 Å². The number of carbonyl (C=O) groups is 2. The zero-order valence-corrected chi connectivity index (χ0v) is 11.6. The summed E-state index contributed by atoms with van der Waals surface area (Å²) < 4.78 is 4.53. The first kappa shape index (κ1) is 13.6. The monoisotopic (exact) mass is 278 g/mol. The van der Waals surface area contributed by atoms with Crippen LogP contribution in [0, 0.1) is 0 Å². The number of thioether (sulfide) groups is 1. The van der Waals surface area contributed by atoms with Gasteiger partial charge in [-0.2, -0.15) is 5.10 Å². The second kappa shape index (κ2) is 5.88. The highest BCUT2D eigenvalue weighted by molar-refractivity contribution is 7.98. The van der Waals surface area contributed by atoms with Crippen molar-refractivity contribution in [2.24, 2.45) is 5.10 Å². The van der Waals surface area contributed by atoms with Crippen molar-refractivity contribution in [1.29, 1.82) is 0 Å². The Morgan fingerprint density at radius 2 is 2.11 bits per heavy atom. The molecule has 2 rings (SSSR count). The number of nitrogens with zero attached hydrogens (tertiary/aromatic N) is 2. The topological polar surface area (TPSA) is 59.0 Å². The molecule has 0 aromatic heterocycles. The van der Waals surface area contributed by atoms with Crippen LogP contribution in [0.5, 0.6) is 0 Å². The van der Waals surface area contributed by atoms with Crippen molar-refractivity contribution in [3.63, 3.8) is 0 Å². The summed E-state index contributed by atoms with van der Waals surface area (Å²) in [6.45, 7) is -0.137. The Morgan fingerprint density at radius 3 is 2.68 bits per heavy atom. The standard InChI is InChI=1S/C13H14N2O3S/c1-18-13(17)8-15-12(16)7-11(14-15)9-3-5-10(19-2)6-4-9/h3-6H,7-8H2,1-2H3. The molecule has 1 aromatic carbocycles. The lowest BCUT2D eigenvalue weighted by Crippen LogP contribution is -2.28. The average molecular weight is 278 g/mol. The van der Waals surface area contributed by atoms with Crippen molar-refractivity contribution in [1.82, 2.24) is 5.01 Å². The number of hydrazone groups is 1. The third-order valence-corrected chi connectivity index (χ3v) is 3.52. The van der Waals surface area contributed by atoms with Gasteiger partial charge in [0.2, 0.25) is 5.91 Å². The minimum Gasteiger partial charge on any atom is -0.468 e. The van der Waals surface area contributed by atoms with Gasteiger partial charge in [0.25, 0.3) is 0 Å². The van der Waals surface area contributed by atoms with Crippen LogP contribution in [0.2, 0.25) is 0 Å². The maximum Gasteiger partial charge on any atom is 0.327 e. The Morgan fingerprint density at radius 1 is 1.42 bits per heavy atom. The molecule has 0 atom stereocenters. The smallest absolute Gasteiger partial charge is 0.327 e. The second-order valence-electron chi connectivity index (χ2n) is 3.98. The SMILES string of the molecule is COC(=O)CN1N=C(c2ccc(SC)cc2)CC1=O. The fraction of sp³-hybridized carbons (Fsp3) is 0.308. The third-order valence-electron chi connectivity index (χ3n) is 2.78. The maximum absolute atomic E-state index is 11.7. The summed E-state index contributed by atoms with van der Waals surface area (Å²) in [7, 11) is 1.29. The molecule has 5 nitrogen and oxygen atoms in total. The maximum atomic E-state index is 11.7. The van der Waals surface area contributed by atoms with Crippen molar-refractivity contribution >= 4 is 29.4 Å². The van der Waals surface area contributed by atoms with Crippen LogP contribution in [0.15, 0.2) is 34.3 Å². The van der Waals surface area contributed by atoms with E-state index in [-0.39, 0.29) is 18.9 Å². The lowest BCUT2D eigenvalue weighted by atomic mass is 10.1. The van der Waals surface area contributed by atoms with Crippen LogP contribution < -0.4 is 0 Å². The number of esters is 1. The molecule has 100 valence electrons. The summed E-state index contributed by atoms with van der Waals surface area (Å²) in [4.78, 5) is 24.0. The molecule has 0 saturated carbocycles. The number of carbonyl (C=O) groups excluding carboxylic acids is 2. The van der Waals surface area contributed by atoms with E-state index in [0.717, 1.165) is 15.5 Å². The van der Waals surface area contributed by atoms with Crippen LogP contribution in [-0.4, -0.2) is 42.5 Å². The van der Waals surface area contributed by atoms with Gasteiger partial charge in [0.1, 0.15) is 6.54 Å². The molecule has 1 heterocycles. The van der Waals surface area contributed by atoms with E-state index in [1.54, 1.807) is 11.8 Å². The van der Waals surface area contributed by atoms with Crippen molar-refractivity contribution in [3.8, 4) is 0 Å². The minimum absolute atomic E-state index is 0.137.